The van der Waals surface area contributed by atoms with E-state index in [2.05, 4.69) is 4.90 Å². The summed E-state index contributed by atoms with van der Waals surface area (Å²) in [4.78, 5) is 30.1. The number of carbonyl (C=O) groups is 2. The van der Waals surface area contributed by atoms with Gasteiger partial charge in [-0.25, -0.2) is 12.7 Å². The van der Waals surface area contributed by atoms with Crippen LogP contribution in [-0.2, 0) is 19.6 Å². The van der Waals surface area contributed by atoms with E-state index in [9.17, 15) is 18.0 Å². The number of piperidine rings is 2. The predicted molar refractivity (Wildman–Crippen MR) is 113 cm³/mol. The molecule has 3 heterocycles. The van der Waals surface area contributed by atoms with E-state index in [1.54, 1.807) is 17.0 Å². The highest BCUT2D eigenvalue weighted by molar-refractivity contribution is 7.89. The molecule has 1 aromatic rings. The topological polar surface area (TPSA) is 78.0 Å². The highest BCUT2D eigenvalue weighted by atomic mass is 32.2. The third-order valence-corrected chi connectivity index (χ3v) is 8.55. The number of rotatable bonds is 4. The molecule has 0 unspecified atom stereocenters. The largest absolute Gasteiger partial charge is 0.341 e. The van der Waals surface area contributed by atoms with Gasteiger partial charge < -0.3 is 9.80 Å². The summed E-state index contributed by atoms with van der Waals surface area (Å²) in [6.07, 6.45) is 5.97. The van der Waals surface area contributed by atoms with E-state index >= 15 is 0 Å². The zero-order valence-electron chi connectivity index (χ0n) is 17.6. The van der Waals surface area contributed by atoms with Crippen molar-refractivity contribution < 1.29 is 18.0 Å². The second kappa shape index (κ2) is 8.67. The minimum atomic E-state index is -4.04. The Balaban J connectivity index is 1.45. The number of hydrogen-bond donors (Lipinski definition) is 0. The maximum Gasteiger partial charge on any atom is 0.267 e. The van der Waals surface area contributed by atoms with Crippen LogP contribution in [0.5, 0.6) is 0 Å². The smallest absolute Gasteiger partial charge is 0.267 e. The molecule has 7 nitrogen and oxygen atoms in total. The van der Waals surface area contributed by atoms with Gasteiger partial charge in [0.2, 0.25) is 11.8 Å². The summed E-state index contributed by atoms with van der Waals surface area (Å²) in [5.41, 5.74) is 0.936. The van der Waals surface area contributed by atoms with E-state index in [1.807, 2.05) is 6.92 Å². The summed E-state index contributed by atoms with van der Waals surface area (Å²) >= 11 is 0. The van der Waals surface area contributed by atoms with Crippen LogP contribution < -0.4 is 0 Å². The van der Waals surface area contributed by atoms with Gasteiger partial charge in [-0.1, -0.05) is 24.1 Å². The van der Waals surface area contributed by atoms with E-state index in [4.69, 9.17) is 0 Å². The third kappa shape index (κ3) is 4.12. The quantitative estimate of drug-likeness (QED) is 0.727. The fourth-order valence-electron chi connectivity index (χ4n) is 4.96. The van der Waals surface area contributed by atoms with Gasteiger partial charge in [0.25, 0.3) is 10.0 Å². The molecule has 3 fully saturated rings. The van der Waals surface area contributed by atoms with Crippen molar-refractivity contribution in [3.05, 3.63) is 29.8 Å². The van der Waals surface area contributed by atoms with E-state index < -0.39 is 22.0 Å². The van der Waals surface area contributed by atoms with Crippen molar-refractivity contribution in [3.8, 4) is 0 Å². The maximum atomic E-state index is 13.2. The Morgan fingerprint density at radius 1 is 0.933 bits per heavy atom. The Morgan fingerprint density at radius 3 is 2.20 bits per heavy atom. The summed E-state index contributed by atoms with van der Waals surface area (Å²) in [5.74, 6) is -0.717. The van der Waals surface area contributed by atoms with Gasteiger partial charge in [-0.3, -0.25) is 9.59 Å². The summed E-state index contributed by atoms with van der Waals surface area (Å²) in [6.45, 7) is 5.40. The SMILES string of the molecule is Cc1ccc(S(=O)(=O)N2C(=O)CC[C@H]2C(=O)N2CCC(N3CCCCC3)CC2)cc1. The van der Waals surface area contributed by atoms with Crippen LogP contribution in [0.4, 0.5) is 0 Å². The Bertz CT molecular complexity index is 885. The van der Waals surface area contributed by atoms with Gasteiger partial charge in [-0.05, 0) is 64.3 Å². The normalized spacial score (nSPS) is 24.4. The molecule has 1 aromatic carbocycles. The van der Waals surface area contributed by atoms with Crippen LogP contribution in [0.25, 0.3) is 0 Å². The van der Waals surface area contributed by atoms with Crippen LogP contribution in [0, 0.1) is 6.92 Å². The molecule has 3 aliphatic heterocycles. The zero-order valence-corrected chi connectivity index (χ0v) is 18.4. The lowest BCUT2D eigenvalue weighted by atomic mass is 9.99. The van der Waals surface area contributed by atoms with Crippen LogP contribution in [0.3, 0.4) is 0 Å². The molecular formula is C22H31N3O4S. The highest BCUT2D eigenvalue weighted by Crippen LogP contribution is 2.30. The third-order valence-electron chi connectivity index (χ3n) is 6.71. The monoisotopic (exact) mass is 433 g/mol. The fraction of sp³-hybridized carbons (Fsp3) is 0.636. The molecule has 0 N–H and O–H groups in total. The lowest BCUT2D eigenvalue weighted by Crippen LogP contribution is -2.53. The molecule has 0 bridgehead atoms. The van der Waals surface area contributed by atoms with E-state index in [1.165, 1.54) is 31.4 Å². The van der Waals surface area contributed by atoms with Crippen LogP contribution in [0.1, 0.15) is 50.5 Å². The first-order valence-corrected chi connectivity index (χ1v) is 12.5. The van der Waals surface area contributed by atoms with Crippen LogP contribution in [0.2, 0.25) is 0 Å². The van der Waals surface area contributed by atoms with Gasteiger partial charge in [0.1, 0.15) is 6.04 Å². The molecule has 0 saturated carbocycles. The van der Waals surface area contributed by atoms with Gasteiger partial charge in [-0.15, -0.1) is 0 Å². The average molecular weight is 434 g/mol. The number of benzene rings is 1. The van der Waals surface area contributed by atoms with Crippen molar-refractivity contribution in [1.29, 1.82) is 0 Å². The van der Waals surface area contributed by atoms with Crippen molar-refractivity contribution in [2.45, 2.75) is 68.8 Å². The first-order valence-electron chi connectivity index (χ1n) is 11.0. The number of carbonyl (C=O) groups excluding carboxylic acids is 2. The molecule has 164 valence electrons. The molecule has 0 aliphatic carbocycles. The molecule has 4 rings (SSSR count). The number of amides is 2. The first-order chi connectivity index (χ1) is 14.4. The van der Waals surface area contributed by atoms with E-state index in [0.717, 1.165) is 35.8 Å². The molecule has 3 aliphatic rings. The predicted octanol–water partition coefficient (Wildman–Crippen LogP) is 2.15. The van der Waals surface area contributed by atoms with Crippen molar-refractivity contribution >= 4 is 21.8 Å². The van der Waals surface area contributed by atoms with Crippen LogP contribution in [-0.4, -0.2) is 72.6 Å². The first kappa shape index (κ1) is 21.3. The minimum Gasteiger partial charge on any atom is -0.341 e. The van der Waals surface area contributed by atoms with E-state index in [0.29, 0.717) is 19.1 Å². The Hall–Kier alpha value is -1.93. The molecule has 8 heteroatoms. The summed E-state index contributed by atoms with van der Waals surface area (Å²) in [7, 11) is -4.04. The Labute approximate surface area is 179 Å². The van der Waals surface area contributed by atoms with Crippen LogP contribution in [0.15, 0.2) is 29.2 Å². The van der Waals surface area contributed by atoms with Gasteiger partial charge in [0.05, 0.1) is 4.90 Å². The lowest BCUT2D eigenvalue weighted by molar-refractivity contribution is -0.139. The molecular weight excluding hydrogens is 402 g/mol. The molecule has 3 saturated heterocycles. The second-order valence-electron chi connectivity index (χ2n) is 8.72. The maximum absolute atomic E-state index is 13.2. The number of hydrogen-bond acceptors (Lipinski definition) is 5. The van der Waals surface area contributed by atoms with Gasteiger partial charge >= 0.3 is 0 Å². The minimum absolute atomic E-state index is 0.0601. The molecule has 0 spiro atoms. The van der Waals surface area contributed by atoms with Crippen molar-refractivity contribution in [3.63, 3.8) is 0 Å². The highest BCUT2D eigenvalue weighted by Gasteiger charge is 2.46. The zero-order chi connectivity index (χ0) is 21.3. The standard InChI is InChI=1S/C22H31N3O4S/c1-17-5-7-19(8-6-17)30(28,29)25-20(9-10-21(25)26)22(27)24-15-11-18(12-16-24)23-13-3-2-4-14-23/h5-8,18,20H,2-4,9-16H2,1H3/t20-/m0/s1. The van der Waals surface area contributed by atoms with E-state index in [-0.39, 0.29) is 23.6 Å². The number of sulfonamides is 1. The van der Waals surface area contributed by atoms with Crippen molar-refractivity contribution in [2.24, 2.45) is 0 Å². The number of nitrogens with zero attached hydrogens (tertiary/aromatic N) is 3. The second-order valence-corrected chi connectivity index (χ2v) is 10.5. The molecule has 30 heavy (non-hydrogen) atoms. The summed E-state index contributed by atoms with van der Waals surface area (Å²) in [6, 6.07) is 6.00. The van der Waals surface area contributed by atoms with Crippen molar-refractivity contribution in [1.82, 2.24) is 14.1 Å². The molecule has 0 radical (unpaired) electrons. The summed E-state index contributed by atoms with van der Waals surface area (Å²) in [5, 5.41) is 0. The number of likely N-dealkylation sites (tertiary alicyclic amines) is 2. The van der Waals surface area contributed by atoms with Gasteiger partial charge in [-0.2, -0.15) is 0 Å². The average Bonchev–Trinajstić information content (AvgIpc) is 3.16. The molecule has 0 aromatic heterocycles. The van der Waals surface area contributed by atoms with Gasteiger partial charge in [0, 0.05) is 25.6 Å². The fourth-order valence-corrected chi connectivity index (χ4v) is 6.55. The summed E-state index contributed by atoms with van der Waals surface area (Å²) < 4.78 is 27.1. The molecule has 1 atom stereocenters. The van der Waals surface area contributed by atoms with Gasteiger partial charge in [0.15, 0.2) is 0 Å². The lowest BCUT2D eigenvalue weighted by Gasteiger charge is -2.41. The van der Waals surface area contributed by atoms with Crippen molar-refractivity contribution in [2.75, 3.05) is 26.2 Å². The Kier molecular flexibility index (Phi) is 6.16. The Morgan fingerprint density at radius 2 is 1.57 bits per heavy atom. The number of aryl methyl sites for hydroxylation is 1. The van der Waals surface area contributed by atoms with Crippen LogP contribution >= 0.6 is 0 Å². The molecule has 2 amide bonds.